The van der Waals surface area contributed by atoms with Crippen molar-refractivity contribution in [3.05, 3.63) is 272 Å². The summed E-state index contributed by atoms with van der Waals surface area (Å²) in [5, 5.41) is 2.52. The summed E-state index contributed by atoms with van der Waals surface area (Å²) in [4.78, 5) is 13.0. The van der Waals surface area contributed by atoms with E-state index in [2.05, 4.69) is 246 Å². The molecule has 10 aromatic carbocycles. The number of rotatable bonds is 9. The molecule has 0 N–H and O–H groups in total. The van der Waals surface area contributed by atoms with Gasteiger partial charge in [-0.25, -0.2) is 9.97 Å². The van der Waals surface area contributed by atoms with Gasteiger partial charge in [0.1, 0.15) is 0 Å². The monoisotopic (exact) mass is 946 g/mol. The van der Waals surface area contributed by atoms with Crippen molar-refractivity contribution in [3.8, 4) is 84.1 Å². The van der Waals surface area contributed by atoms with Crippen molar-refractivity contribution in [1.29, 1.82) is 0 Å². The van der Waals surface area contributed by atoms with Crippen LogP contribution in [0.2, 0.25) is 0 Å². The molecule has 2 aliphatic rings. The van der Waals surface area contributed by atoms with E-state index in [9.17, 15) is 0 Å². The molecule has 0 saturated heterocycles. The van der Waals surface area contributed by atoms with Gasteiger partial charge in [0.25, 0.3) is 0 Å². The van der Waals surface area contributed by atoms with Crippen molar-refractivity contribution in [2.45, 2.75) is 25.2 Å². The molecular formula is C70H50N4. The first kappa shape index (κ1) is 43.4. The van der Waals surface area contributed by atoms with Crippen LogP contribution in [-0.4, -0.2) is 14.5 Å². The van der Waals surface area contributed by atoms with Gasteiger partial charge in [-0.3, -0.25) is 0 Å². The third-order valence-corrected chi connectivity index (χ3v) is 15.2. The highest BCUT2D eigenvalue weighted by molar-refractivity contribution is 6.09. The Morgan fingerprint density at radius 3 is 1.45 bits per heavy atom. The van der Waals surface area contributed by atoms with E-state index in [1.54, 1.807) is 0 Å². The van der Waals surface area contributed by atoms with Crippen LogP contribution in [0.25, 0.3) is 106 Å². The molecule has 0 fully saturated rings. The second kappa shape index (κ2) is 18.3. The summed E-state index contributed by atoms with van der Waals surface area (Å²) in [6, 6.07) is 92.2. The summed E-state index contributed by atoms with van der Waals surface area (Å²) >= 11 is 0. The van der Waals surface area contributed by atoms with Gasteiger partial charge in [-0.1, -0.05) is 182 Å². The molecule has 4 heteroatoms. The van der Waals surface area contributed by atoms with Gasteiger partial charge in [0.05, 0.1) is 22.4 Å². The Hall–Kier alpha value is -9.38. The van der Waals surface area contributed by atoms with Crippen molar-refractivity contribution in [3.63, 3.8) is 0 Å². The van der Waals surface area contributed by atoms with Crippen LogP contribution in [-0.2, 0) is 0 Å². The normalized spacial score (nSPS) is 14.0. The molecule has 0 spiro atoms. The minimum absolute atomic E-state index is 0.473. The summed E-state index contributed by atoms with van der Waals surface area (Å²) in [6.07, 6.45) is 6.04. The quantitative estimate of drug-likeness (QED) is 0.145. The predicted octanol–water partition coefficient (Wildman–Crippen LogP) is 18.5. The third kappa shape index (κ3) is 7.80. The molecule has 0 amide bonds. The number of fused-ring (bicyclic) bond motifs is 6. The number of hydrogen-bond donors (Lipinski definition) is 0. The summed E-state index contributed by atoms with van der Waals surface area (Å²) in [7, 11) is 0. The maximum absolute atomic E-state index is 5.33. The molecule has 1 aliphatic carbocycles. The van der Waals surface area contributed by atoms with Crippen molar-refractivity contribution in [2.75, 3.05) is 4.90 Å². The van der Waals surface area contributed by atoms with Crippen molar-refractivity contribution in [2.24, 2.45) is 0 Å². The predicted molar refractivity (Wildman–Crippen MR) is 308 cm³/mol. The smallest absolute Gasteiger partial charge is 0.160 e. The first-order valence-electron chi connectivity index (χ1n) is 25.8. The molecule has 4 nitrogen and oxygen atoms in total. The second-order valence-electron chi connectivity index (χ2n) is 19.6. The molecule has 0 radical (unpaired) electrons. The highest BCUT2D eigenvalue weighted by Gasteiger charge is 2.35. The maximum atomic E-state index is 5.33. The minimum atomic E-state index is 0.473. The Bertz CT molecular complexity index is 3980. The number of para-hydroxylation sites is 3. The Morgan fingerprint density at radius 2 is 0.824 bits per heavy atom. The second-order valence-corrected chi connectivity index (χ2v) is 19.6. The van der Waals surface area contributed by atoms with E-state index in [1.807, 2.05) is 24.3 Å². The van der Waals surface area contributed by atoms with Crippen LogP contribution in [0.1, 0.15) is 30.7 Å². The van der Waals surface area contributed by atoms with E-state index in [0.717, 1.165) is 73.6 Å². The zero-order chi connectivity index (χ0) is 49.0. The first-order chi connectivity index (χ1) is 36.7. The molecule has 350 valence electrons. The molecule has 1 aliphatic heterocycles. The van der Waals surface area contributed by atoms with Gasteiger partial charge in [-0.15, -0.1) is 0 Å². The zero-order valence-electron chi connectivity index (χ0n) is 40.8. The van der Waals surface area contributed by atoms with Crippen LogP contribution in [0.15, 0.2) is 267 Å². The fourth-order valence-corrected chi connectivity index (χ4v) is 11.6. The molecule has 1 unspecified atom stereocenters. The minimum Gasteiger partial charge on any atom is -0.314 e. The highest BCUT2D eigenvalue weighted by Crippen LogP contribution is 2.51. The number of benzene rings is 10. The van der Waals surface area contributed by atoms with Gasteiger partial charge in [-0.2, -0.15) is 0 Å². The van der Waals surface area contributed by atoms with Crippen molar-refractivity contribution < 1.29 is 0 Å². The lowest BCUT2D eigenvalue weighted by Crippen LogP contribution is -2.15. The first-order valence-corrected chi connectivity index (χ1v) is 25.8. The number of allylic oxidation sites excluding steroid dienone is 2. The summed E-state index contributed by atoms with van der Waals surface area (Å²) in [5.41, 5.74) is 22.9. The maximum Gasteiger partial charge on any atom is 0.160 e. The summed E-state index contributed by atoms with van der Waals surface area (Å²) < 4.78 is 2.37. The van der Waals surface area contributed by atoms with Gasteiger partial charge in [0, 0.05) is 56.1 Å². The summed E-state index contributed by atoms with van der Waals surface area (Å²) in [6.45, 7) is 0. The Morgan fingerprint density at radius 1 is 0.351 bits per heavy atom. The van der Waals surface area contributed by atoms with Crippen LogP contribution in [0.5, 0.6) is 0 Å². The van der Waals surface area contributed by atoms with E-state index < -0.39 is 0 Å². The third-order valence-electron chi connectivity index (χ3n) is 15.2. The lowest BCUT2D eigenvalue weighted by Gasteiger charge is -2.26. The molecule has 3 heterocycles. The van der Waals surface area contributed by atoms with E-state index in [4.69, 9.17) is 9.97 Å². The molecule has 12 aromatic rings. The molecule has 0 bridgehead atoms. The Balaban J connectivity index is 0.864. The van der Waals surface area contributed by atoms with Crippen LogP contribution in [0, 0.1) is 0 Å². The fourth-order valence-electron chi connectivity index (χ4n) is 11.6. The molecular weight excluding hydrogens is 897 g/mol. The van der Waals surface area contributed by atoms with E-state index >= 15 is 0 Å². The Kier molecular flexibility index (Phi) is 10.8. The average Bonchev–Trinajstić information content (AvgIpc) is 4.01. The SMILES string of the molecule is C1=C2C(CCC1)c1ccccc1N2c1ccc(-c2cccc(-c3cc(-c4cccc(-c5ccc(-n6c7ccccc7c7ccccc76)cc5)c4)cc(-c4cc(-c5ccccc5)nc(-c5ccccc5)n4)c3)c2)cc1. The fraction of sp³-hybridized carbons (Fsp3) is 0.0571. The van der Waals surface area contributed by atoms with Crippen molar-refractivity contribution >= 4 is 33.2 Å². The highest BCUT2D eigenvalue weighted by atomic mass is 15.2. The van der Waals surface area contributed by atoms with Gasteiger partial charge in [-0.05, 0) is 148 Å². The molecule has 74 heavy (non-hydrogen) atoms. The molecule has 0 saturated carbocycles. The van der Waals surface area contributed by atoms with Crippen LogP contribution in [0.3, 0.4) is 0 Å². The lowest BCUT2D eigenvalue weighted by atomic mass is 9.89. The topological polar surface area (TPSA) is 34.0 Å². The molecule has 2 aromatic heterocycles. The van der Waals surface area contributed by atoms with Crippen LogP contribution in [0.4, 0.5) is 11.4 Å². The number of aromatic nitrogens is 3. The van der Waals surface area contributed by atoms with E-state index in [1.165, 1.54) is 68.4 Å². The zero-order valence-corrected chi connectivity index (χ0v) is 40.8. The van der Waals surface area contributed by atoms with Gasteiger partial charge < -0.3 is 9.47 Å². The number of hydrogen-bond acceptors (Lipinski definition) is 3. The van der Waals surface area contributed by atoms with Gasteiger partial charge >= 0.3 is 0 Å². The number of anilines is 2. The average molecular weight is 947 g/mol. The van der Waals surface area contributed by atoms with E-state index in [-0.39, 0.29) is 0 Å². The molecule has 14 rings (SSSR count). The largest absolute Gasteiger partial charge is 0.314 e. The van der Waals surface area contributed by atoms with Gasteiger partial charge in [0.2, 0.25) is 0 Å². The van der Waals surface area contributed by atoms with Crippen LogP contribution >= 0.6 is 0 Å². The van der Waals surface area contributed by atoms with Gasteiger partial charge in [0.15, 0.2) is 5.82 Å². The molecule has 1 atom stereocenters. The van der Waals surface area contributed by atoms with Crippen LogP contribution < -0.4 is 4.90 Å². The lowest BCUT2D eigenvalue weighted by molar-refractivity contribution is 0.634. The van der Waals surface area contributed by atoms with E-state index in [0.29, 0.717) is 11.7 Å². The Labute approximate surface area is 431 Å². The van der Waals surface area contributed by atoms with Crippen molar-refractivity contribution in [1.82, 2.24) is 14.5 Å². The summed E-state index contributed by atoms with van der Waals surface area (Å²) in [5.74, 6) is 1.17. The number of nitrogens with zero attached hydrogens (tertiary/aromatic N) is 4. The standard InChI is InChI=1S/C70H50N4/c1-3-17-49(18-4-1)64-46-65(72-70(71-64)50-19-5-2-6-20-50)57-44-55(53-23-15-21-51(41-53)47-33-37-58(38-34-47)73-66-29-11-7-25-60(66)61-26-8-12-30-67(61)73)43-56(45-57)54-24-16-22-52(42-54)48-35-39-59(40-36-48)74-68-31-13-9-27-62(68)63-28-10-14-32-69(63)74/h1-9,11-13,15-27,29-46,63H,10,14,28H2.